The molecule has 0 unspecified atom stereocenters. The van der Waals surface area contributed by atoms with Crippen LogP contribution in [0.2, 0.25) is 0 Å². The Bertz CT molecular complexity index is 1100. The van der Waals surface area contributed by atoms with Crippen molar-refractivity contribution in [3.05, 3.63) is 90.5 Å². The standard InChI is InChI=1S/C23H18N2O2/c26-16-22(27)23-21-9-5-4-8-19(21)15-25(23)13-12-20-11-10-18(14-24-20)17-6-2-1-3-7-17/h1-11,14-16H,12-13H2. The van der Waals surface area contributed by atoms with Gasteiger partial charge in [0.15, 0.2) is 6.29 Å². The summed E-state index contributed by atoms with van der Waals surface area (Å²) in [7, 11) is 0. The first-order chi connectivity index (χ1) is 13.3. The van der Waals surface area contributed by atoms with Gasteiger partial charge < -0.3 is 4.57 Å². The van der Waals surface area contributed by atoms with Gasteiger partial charge in [-0.25, -0.2) is 0 Å². The summed E-state index contributed by atoms with van der Waals surface area (Å²) >= 11 is 0. The van der Waals surface area contributed by atoms with Crippen molar-refractivity contribution in [2.75, 3.05) is 0 Å². The van der Waals surface area contributed by atoms with Crippen molar-refractivity contribution < 1.29 is 9.59 Å². The van der Waals surface area contributed by atoms with E-state index >= 15 is 0 Å². The van der Waals surface area contributed by atoms with Gasteiger partial charge in [-0.2, -0.15) is 0 Å². The Morgan fingerprint density at radius 1 is 0.926 bits per heavy atom. The molecule has 132 valence electrons. The molecule has 2 aromatic carbocycles. The number of aldehydes is 1. The first kappa shape index (κ1) is 16.9. The van der Waals surface area contributed by atoms with Crippen LogP contribution >= 0.6 is 0 Å². The number of ketones is 1. The molecule has 0 atom stereocenters. The molecule has 0 saturated carbocycles. The van der Waals surface area contributed by atoms with E-state index in [0.29, 0.717) is 24.9 Å². The number of aryl methyl sites for hydroxylation is 2. The van der Waals surface area contributed by atoms with Gasteiger partial charge in [0.2, 0.25) is 5.78 Å². The first-order valence-corrected chi connectivity index (χ1v) is 8.84. The quantitative estimate of drug-likeness (QED) is 0.294. The highest BCUT2D eigenvalue weighted by Gasteiger charge is 2.16. The number of nitrogens with zero attached hydrogens (tertiary/aromatic N) is 2. The Kier molecular flexibility index (Phi) is 4.62. The third kappa shape index (κ3) is 3.42. The minimum absolute atomic E-state index is 0.380. The lowest BCUT2D eigenvalue weighted by atomic mass is 10.1. The van der Waals surface area contributed by atoms with Crippen LogP contribution in [0.25, 0.3) is 21.9 Å². The Labute approximate surface area is 157 Å². The molecule has 0 amide bonds. The van der Waals surface area contributed by atoms with Gasteiger partial charge in [-0.05, 0) is 11.6 Å². The highest BCUT2D eigenvalue weighted by Crippen LogP contribution is 2.22. The number of carbonyl (C=O) groups is 2. The van der Waals surface area contributed by atoms with Crippen LogP contribution < -0.4 is 0 Å². The third-order valence-electron chi connectivity index (χ3n) is 4.68. The zero-order chi connectivity index (χ0) is 18.6. The molecule has 0 spiro atoms. The molecular weight excluding hydrogens is 336 g/mol. The van der Waals surface area contributed by atoms with Gasteiger partial charge in [-0.1, -0.05) is 60.7 Å². The number of pyridine rings is 1. The zero-order valence-corrected chi connectivity index (χ0v) is 14.7. The second-order valence-electron chi connectivity index (χ2n) is 6.39. The van der Waals surface area contributed by atoms with E-state index in [1.165, 1.54) is 0 Å². The van der Waals surface area contributed by atoms with Crippen molar-refractivity contribution in [3.8, 4) is 11.1 Å². The van der Waals surface area contributed by atoms with Crippen molar-refractivity contribution in [1.82, 2.24) is 9.55 Å². The SMILES string of the molecule is O=CC(=O)c1c2ccccc2cn1CCc1ccc(-c2ccccc2)cn1. The van der Waals surface area contributed by atoms with Crippen LogP contribution in [0.3, 0.4) is 0 Å². The molecule has 27 heavy (non-hydrogen) atoms. The van der Waals surface area contributed by atoms with Crippen LogP contribution in [0.1, 0.15) is 16.2 Å². The van der Waals surface area contributed by atoms with Crippen LogP contribution in [0, 0.1) is 0 Å². The van der Waals surface area contributed by atoms with Gasteiger partial charge >= 0.3 is 0 Å². The summed E-state index contributed by atoms with van der Waals surface area (Å²) < 4.78 is 1.86. The molecule has 0 radical (unpaired) electrons. The average Bonchev–Trinajstić information content (AvgIpc) is 3.11. The van der Waals surface area contributed by atoms with Gasteiger partial charge in [-0.3, -0.25) is 14.6 Å². The largest absolute Gasteiger partial charge is 0.343 e. The van der Waals surface area contributed by atoms with Crippen molar-refractivity contribution in [2.24, 2.45) is 0 Å². The summed E-state index contributed by atoms with van der Waals surface area (Å²) in [4.78, 5) is 27.7. The maximum Gasteiger partial charge on any atom is 0.242 e. The minimum atomic E-state index is -0.497. The maximum absolute atomic E-state index is 12.1. The van der Waals surface area contributed by atoms with Crippen molar-refractivity contribution in [2.45, 2.75) is 13.0 Å². The molecule has 4 nitrogen and oxygen atoms in total. The van der Waals surface area contributed by atoms with E-state index in [-0.39, 0.29) is 0 Å². The molecular formula is C23H18N2O2. The van der Waals surface area contributed by atoms with Crippen LogP contribution in [0.15, 0.2) is 79.1 Å². The number of aromatic nitrogens is 2. The number of hydrogen-bond donors (Lipinski definition) is 0. The molecule has 0 N–H and O–H groups in total. The van der Waals surface area contributed by atoms with E-state index in [2.05, 4.69) is 23.2 Å². The fourth-order valence-electron chi connectivity index (χ4n) is 3.33. The van der Waals surface area contributed by atoms with E-state index in [0.717, 1.165) is 27.6 Å². The second kappa shape index (κ2) is 7.38. The van der Waals surface area contributed by atoms with E-state index in [1.807, 2.05) is 65.5 Å². The Hall–Kier alpha value is -3.53. The van der Waals surface area contributed by atoms with Crippen molar-refractivity contribution >= 4 is 22.8 Å². The first-order valence-electron chi connectivity index (χ1n) is 8.84. The molecule has 0 aliphatic rings. The van der Waals surface area contributed by atoms with E-state index < -0.39 is 5.78 Å². The Morgan fingerprint density at radius 2 is 1.70 bits per heavy atom. The van der Waals surface area contributed by atoms with Crippen molar-refractivity contribution in [3.63, 3.8) is 0 Å². The lowest BCUT2D eigenvalue weighted by Gasteiger charge is -2.07. The summed E-state index contributed by atoms with van der Waals surface area (Å²) in [5, 5.41) is 1.76. The van der Waals surface area contributed by atoms with Gasteiger partial charge in [0.1, 0.15) is 5.69 Å². The molecule has 2 heterocycles. The van der Waals surface area contributed by atoms with E-state index in [1.54, 1.807) is 0 Å². The van der Waals surface area contributed by atoms with E-state index in [4.69, 9.17) is 0 Å². The number of rotatable bonds is 6. The molecule has 0 aliphatic heterocycles. The zero-order valence-electron chi connectivity index (χ0n) is 14.7. The van der Waals surface area contributed by atoms with Crippen molar-refractivity contribution in [1.29, 1.82) is 0 Å². The third-order valence-corrected chi connectivity index (χ3v) is 4.68. The molecule has 0 bridgehead atoms. The summed E-state index contributed by atoms with van der Waals surface area (Å²) in [5.74, 6) is -0.497. The molecule has 0 aliphatic carbocycles. The highest BCUT2D eigenvalue weighted by atomic mass is 16.2. The number of Topliss-reactive ketones (excluding diaryl/α,β-unsaturated/α-hetero) is 1. The topological polar surface area (TPSA) is 52.0 Å². The molecule has 2 aromatic heterocycles. The fourth-order valence-corrected chi connectivity index (χ4v) is 3.33. The smallest absolute Gasteiger partial charge is 0.242 e. The van der Waals surface area contributed by atoms with Gasteiger partial charge in [0, 0.05) is 47.4 Å². The van der Waals surface area contributed by atoms with Gasteiger partial charge in [-0.15, -0.1) is 0 Å². The van der Waals surface area contributed by atoms with Gasteiger partial charge in [0.25, 0.3) is 0 Å². The van der Waals surface area contributed by atoms with Gasteiger partial charge in [0.05, 0.1) is 0 Å². The molecule has 4 aromatic rings. The Balaban J connectivity index is 1.57. The molecule has 0 fully saturated rings. The minimum Gasteiger partial charge on any atom is -0.343 e. The number of hydrogen-bond acceptors (Lipinski definition) is 3. The molecule has 4 heteroatoms. The van der Waals surface area contributed by atoms with Crippen LogP contribution in [-0.4, -0.2) is 21.6 Å². The van der Waals surface area contributed by atoms with Crippen LogP contribution in [0.5, 0.6) is 0 Å². The van der Waals surface area contributed by atoms with E-state index in [9.17, 15) is 9.59 Å². The molecule has 4 rings (SSSR count). The van der Waals surface area contributed by atoms with Crippen LogP contribution in [-0.2, 0) is 17.8 Å². The highest BCUT2D eigenvalue weighted by molar-refractivity contribution is 6.35. The number of benzene rings is 2. The number of carbonyl (C=O) groups excluding carboxylic acids is 2. The molecule has 0 saturated heterocycles. The monoisotopic (exact) mass is 354 g/mol. The second-order valence-corrected chi connectivity index (χ2v) is 6.39. The average molecular weight is 354 g/mol. The summed E-state index contributed by atoms with van der Waals surface area (Å²) in [6.07, 6.45) is 4.85. The lowest BCUT2D eigenvalue weighted by molar-refractivity contribution is -0.104. The number of fused-ring (bicyclic) bond motifs is 1. The fraction of sp³-hybridized carbons (Fsp3) is 0.0870. The predicted molar refractivity (Wildman–Crippen MR) is 106 cm³/mol. The summed E-state index contributed by atoms with van der Waals surface area (Å²) in [6, 6.07) is 21.8. The Morgan fingerprint density at radius 3 is 2.44 bits per heavy atom. The normalized spacial score (nSPS) is 10.8. The lowest BCUT2D eigenvalue weighted by Crippen LogP contribution is -2.11. The summed E-state index contributed by atoms with van der Waals surface area (Å²) in [5.41, 5.74) is 3.59. The summed E-state index contributed by atoms with van der Waals surface area (Å²) in [6.45, 7) is 0.585. The predicted octanol–water partition coefficient (Wildman–Crippen LogP) is 4.33. The van der Waals surface area contributed by atoms with Crippen LogP contribution in [0.4, 0.5) is 0 Å². The maximum atomic E-state index is 12.1.